The van der Waals surface area contributed by atoms with Crippen LogP contribution in [0, 0.1) is 20.8 Å². The fraction of sp³-hybridized carbons (Fsp3) is 0.136. The summed E-state index contributed by atoms with van der Waals surface area (Å²) in [5, 5.41) is 0. The second-order valence-corrected chi connectivity index (χ2v) is 7.01. The Bertz CT molecular complexity index is 952. The predicted octanol–water partition coefficient (Wildman–Crippen LogP) is 6.06. The number of hydrogen-bond donors (Lipinski definition) is 0. The summed E-state index contributed by atoms with van der Waals surface area (Å²) in [7, 11) is 0. The van der Waals surface area contributed by atoms with Crippen LogP contribution >= 0.6 is 15.9 Å². The minimum atomic E-state index is 0.0171. The Hall–Kier alpha value is -2.39. The maximum absolute atomic E-state index is 12.3. The van der Waals surface area contributed by atoms with Crippen LogP contribution in [0.1, 0.15) is 32.9 Å². The number of carbonyl (C=O) groups excluding carboxylic acids is 1. The average Bonchev–Trinajstić information content (AvgIpc) is 2.90. The molecule has 0 unspecified atom stereocenters. The smallest absolute Gasteiger partial charge is 0.185 e. The van der Waals surface area contributed by atoms with Crippen LogP contribution in [-0.2, 0) is 0 Å². The molecule has 1 heterocycles. The van der Waals surface area contributed by atoms with Crippen LogP contribution in [0.2, 0.25) is 0 Å². The summed E-state index contributed by atoms with van der Waals surface area (Å²) in [6.07, 6.45) is 3.55. The first-order chi connectivity index (χ1) is 12.0. The second kappa shape index (κ2) is 7.24. The highest BCUT2D eigenvalue weighted by molar-refractivity contribution is 9.10. The lowest BCUT2D eigenvalue weighted by Gasteiger charge is -2.11. The Balaban J connectivity index is 1.93. The van der Waals surface area contributed by atoms with Crippen molar-refractivity contribution < 1.29 is 4.79 Å². The zero-order chi connectivity index (χ0) is 18.0. The molecule has 0 aliphatic heterocycles. The third kappa shape index (κ3) is 3.67. The molecule has 3 aromatic rings. The van der Waals surface area contributed by atoms with Gasteiger partial charge in [-0.1, -0.05) is 52.3 Å². The molecule has 25 heavy (non-hydrogen) atoms. The fourth-order valence-corrected chi connectivity index (χ4v) is 3.31. The lowest BCUT2D eigenvalue weighted by atomic mass is 10.1. The Morgan fingerprint density at radius 3 is 2.40 bits per heavy atom. The molecule has 1 aromatic heterocycles. The molecule has 0 saturated carbocycles. The molecule has 0 radical (unpaired) electrons. The Morgan fingerprint density at radius 1 is 1.00 bits per heavy atom. The van der Waals surface area contributed by atoms with Gasteiger partial charge in [-0.3, -0.25) is 4.79 Å². The molecule has 3 rings (SSSR count). The van der Waals surface area contributed by atoms with Gasteiger partial charge >= 0.3 is 0 Å². The summed E-state index contributed by atoms with van der Waals surface area (Å²) >= 11 is 3.60. The second-order valence-electron chi connectivity index (χ2n) is 6.16. The topological polar surface area (TPSA) is 22.0 Å². The normalized spacial score (nSPS) is 11.2. The molecule has 0 atom stereocenters. The van der Waals surface area contributed by atoms with Crippen molar-refractivity contribution in [3.63, 3.8) is 0 Å². The van der Waals surface area contributed by atoms with Crippen molar-refractivity contribution in [1.29, 1.82) is 0 Å². The number of ketones is 1. The van der Waals surface area contributed by atoms with Gasteiger partial charge in [-0.05, 0) is 62.2 Å². The van der Waals surface area contributed by atoms with E-state index in [0.29, 0.717) is 5.56 Å². The van der Waals surface area contributed by atoms with E-state index >= 15 is 0 Å². The molecule has 0 N–H and O–H groups in total. The highest BCUT2D eigenvalue weighted by Gasteiger charge is 2.10. The van der Waals surface area contributed by atoms with Crippen LogP contribution in [0.5, 0.6) is 0 Å². The number of nitrogens with zero attached hydrogens (tertiary/aromatic N) is 1. The number of aryl methyl sites for hydroxylation is 2. The van der Waals surface area contributed by atoms with E-state index in [1.165, 1.54) is 5.56 Å². The van der Waals surface area contributed by atoms with E-state index in [0.717, 1.165) is 27.1 Å². The quantitative estimate of drug-likeness (QED) is 0.389. The van der Waals surface area contributed by atoms with Gasteiger partial charge in [-0.2, -0.15) is 0 Å². The van der Waals surface area contributed by atoms with Gasteiger partial charge in [0.15, 0.2) is 5.78 Å². The Kier molecular flexibility index (Phi) is 5.05. The lowest BCUT2D eigenvalue weighted by Crippen LogP contribution is -1.99. The van der Waals surface area contributed by atoms with E-state index in [2.05, 4.69) is 65.5 Å². The van der Waals surface area contributed by atoms with E-state index in [4.69, 9.17) is 0 Å². The highest BCUT2D eigenvalue weighted by Crippen LogP contribution is 2.25. The molecule has 0 aliphatic carbocycles. The number of carbonyl (C=O) groups is 1. The summed E-state index contributed by atoms with van der Waals surface area (Å²) in [5.74, 6) is 0.0171. The molecule has 2 aromatic carbocycles. The summed E-state index contributed by atoms with van der Waals surface area (Å²) in [5.41, 5.74) is 6.33. The van der Waals surface area contributed by atoms with Crippen LogP contribution in [0.3, 0.4) is 0 Å². The van der Waals surface area contributed by atoms with Crippen LogP contribution in [0.4, 0.5) is 0 Å². The van der Waals surface area contributed by atoms with Gasteiger partial charge in [0.05, 0.1) is 0 Å². The van der Waals surface area contributed by atoms with Gasteiger partial charge in [0, 0.05) is 27.1 Å². The molecule has 0 saturated heterocycles. The lowest BCUT2D eigenvalue weighted by molar-refractivity contribution is 0.104. The van der Waals surface area contributed by atoms with E-state index in [1.54, 1.807) is 6.08 Å². The number of aromatic nitrogens is 1. The number of halogens is 1. The van der Waals surface area contributed by atoms with Crippen LogP contribution < -0.4 is 0 Å². The van der Waals surface area contributed by atoms with Gasteiger partial charge in [-0.25, -0.2) is 0 Å². The summed E-state index contributed by atoms with van der Waals surface area (Å²) in [6, 6.07) is 17.8. The summed E-state index contributed by atoms with van der Waals surface area (Å²) in [4.78, 5) is 12.3. The average molecular weight is 394 g/mol. The SMILES string of the molecule is Cc1ccc(-n2c(C)cc(/C=C/C(=O)c3ccccc3)c2C)cc1Br. The van der Waals surface area contributed by atoms with E-state index in [-0.39, 0.29) is 5.78 Å². The van der Waals surface area contributed by atoms with Crippen molar-refractivity contribution in [2.75, 3.05) is 0 Å². The molecule has 0 fully saturated rings. The van der Waals surface area contributed by atoms with Gasteiger partial charge in [0.25, 0.3) is 0 Å². The van der Waals surface area contributed by atoms with E-state index < -0.39 is 0 Å². The number of benzene rings is 2. The number of hydrogen-bond acceptors (Lipinski definition) is 1. The minimum absolute atomic E-state index is 0.0171. The van der Waals surface area contributed by atoms with Crippen molar-refractivity contribution in [2.24, 2.45) is 0 Å². The number of rotatable bonds is 4. The van der Waals surface area contributed by atoms with Crippen LogP contribution in [0.15, 0.2) is 65.1 Å². The van der Waals surface area contributed by atoms with E-state index in [9.17, 15) is 4.79 Å². The first-order valence-electron chi connectivity index (χ1n) is 8.20. The first kappa shape index (κ1) is 17.4. The molecule has 126 valence electrons. The van der Waals surface area contributed by atoms with Gasteiger partial charge in [0.1, 0.15) is 0 Å². The third-order valence-corrected chi connectivity index (χ3v) is 5.21. The fourth-order valence-electron chi connectivity index (χ4n) is 2.94. The van der Waals surface area contributed by atoms with E-state index in [1.807, 2.05) is 36.4 Å². The zero-order valence-corrected chi connectivity index (χ0v) is 16.2. The molecule has 0 bridgehead atoms. The molecule has 0 spiro atoms. The molecule has 0 amide bonds. The predicted molar refractivity (Wildman–Crippen MR) is 107 cm³/mol. The molecule has 0 aliphatic rings. The van der Waals surface area contributed by atoms with Crippen molar-refractivity contribution in [3.8, 4) is 5.69 Å². The number of allylic oxidation sites excluding steroid dienone is 1. The van der Waals surface area contributed by atoms with Crippen LogP contribution in [0.25, 0.3) is 11.8 Å². The molecule has 3 heteroatoms. The van der Waals surface area contributed by atoms with Crippen LogP contribution in [-0.4, -0.2) is 10.4 Å². The standard InChI is InChI=1S/C22H20BrNO/c1-15-9-11-20(14-21(15)23)24-16(2)13-19(17(24)3)10-12-22(25)18-7-5-4-6-8-18/h4-14H,1-3H3/b12-10+. The maximum atomic E-state index is 12.3. The van der Waals surface area contributed by atoms with Gasteiger partial charge in [-0.15, -0.1) is 0 Å². The largest absolute Gasteiger partial charge is 0.318 e. The Labute approximate surface area is 156 Å². The van der Waals surface area contributed by atoms with Crippen molar-refractivity contribution in [3.05, 3.63) is 93.2 Å². The van der Waals surface area contributed by atoms with Gasteiger partial charge < -0.3 is 4.57 Å². The van der Waals surface area contributed by atoms with Gasteiger partial charge in [0.2, 0.25) is 0 Å². The third-order valence-electron chi connectivity index (χ3n) is 4.36. The maximum Gasteiger partial charge on any atom is 0.185 e. The summed E-state index contributed by atoms with van der Waals surface area (Å²) < 4.78 is 3.30. The van der Waals surface area contributed by atoms with Crippen molar-refractivity contribution in [1.82, 2.24) is 4.57 Å². The first-order valence-corrected chi connectivity index (χ1v) is 8.99. The highest BCUT2D eigenvalue weighted by atomic mass is 79.9. The Morgan fingerprint density at radius 2 is 1.72 bits per heavy atom. The molecule has 2 nitrogen and oxygen atoms in total. The van der Waals surface area contributed by atoms with Crippen molar-refractivity contribution >= 4 is 27.8 Å². The zero-order valence-electron chi connectivity index (χ0n) is 14.6. The molecular formula is C22H20BrNO. The monoisotopic (exact) mass is 393 g/mol. The minimum Gasteiger partial charge on any atom is -0.318 e. The molecular weight excluding hydrogens is 374 g/mol. The summed E-state index contributed by atoms with van der Waals surface area (Å²) in [6.45, 7) is 6.23. The van der Waals surface area contributed by atoms with Crippen molar-refractivity contribution in [2.45, 2.75) is 20.8 Å².